The van der Waals surface area contributed by atoms with Crippen LogP contribution in [-0.4, -0.2) is 81.5 Å². The van der Waals surface area contributed by atoms with Crippen molar-refractivity contribution in [2.75, 3.05) is 26.4 Å². The summed E-state index contributed by atoms with van der Waals surface area (Å²) >= 11 is 6.35. The maximum Gasteiger partial charge on any atom is 0.119 e. The Balaban J connectivity index is 0.00000101. The van der Waals surface area contributed by atoms with E-state index in [0.29, 0.717) is 23.6 Å². The molecule has 2 aromatic carbocycles. The van der Waals surface area contributed by atoms with Crippen molar-refractivity contribution in [1.82, 2.24) is 0 Å². The highest BCUT2D eigenvalue weighted by Crippen LogP contribution is 2.34. The minimum atomic E-state index is -1.42. The molecule has 1 heterocycles. The molecule has 1 aliphatic rings. The zero-order valence-electron chi connectivity index (χ0n) is 17.8. The molecule has 9 heteroatoms. The summed E-state index contributed by atoms with van der Waals surface area (Å²) < 4.78 is 11.1. The molecule has 186 valence electrons. The highest BCUT2D eigenvalue weighted by atomic mass is 35.5. The van der Waals surface area contributed by atoms with Gasteiger partial charge in [-0.3, -0.25) is 0 Å². The number of rotatable bonds is 7. The van der Waals surface area contributed by atoms with Gasteiger partial charge < -0.3 is 40.1 Å². The minimum Gasteiger partial charge on any atom is -0.494 e. The summed E-state index contributed by atoms with van der Waals surface area (Å²) in [4.78, 5) is 0. The van der Waals surface area contributed by atoms with E-state index in [9.17, 15) is 20.4 Å². The lowest BCUT2D eigenvalue weighted by molar-refractivity contribution is -0.231. The molecular weight excluding hydrogens is 452 g/mol. The smallest absolute Gasteiger partial charge is 0.119 e. The quantitative estimate of drug-likeness (QED) is 0.345. The Morgan fingerprint density at radius 3 is 2.09 bits per heavy atom. The van der Waals surface area contributed by atoms with Crippen molar-refractivity contribution in [3.8, 4) is 5.75 Å². The van der Waals surface area contributed by atoms with Crippen LogP contribution in [-0.2, 0) is 11.2 Å². The topological polar surface area (TPSA) is 140 Å². The molecule has 8 nitrogen and oxygen atoms in total. The minimum absolute atomic E-state index is 0. The fraction of sp³-hybridized carbons (Fsp3) is 0.500. The van der Waals surface area contributed by atoms with Gasteiger partial charge in [-0.2, -0.15) is 0 Å². The standard InChI is InChI=1S/C21H25ClO6.C2H6O2.CH4/c1-2-27-15-6-3-12(4-7-15)9-14-10-13(5-8-16(14)22)21-20(26)19(25)18(24)17(11-23)28-21;3-1-2-4;/h3-8,10,17-21,23-26H,2,9,11H2,1H3;3-4H,1-2H2;1H4/t17-,18-,19+,20-,21+;;/m1../s1. The SMILES string of the molecule is C.CCOc1ccc(Cc2cc([C@@H]3O[C@H](CO)[C@@H](O)[C@H](O)[C@H]3O)ccc2Cl)cc1.OCCO. The van der Waals surface area contributed by atoms with Crippen LogP contribution in [0, 0.1) is 0 Å². The van der Waals surface area contributed by atoms with E-state index in [2.05, 4.69) is 0 Å². The monoisotopic (exact) mass is 486 g/mol. The van der Waals surface area contributed by atoms with Gasteiger partial charge in [0.1, 0.15) is 36.3 Å². The van der Waals surface area contributed by atoms with Crippen LogP contribution in [0.4, 0.5) is 0 Å². The van der Waals surface area contributed by atoms with E-state index >= 15 is 0 Å². The Morgan fingerprint density at radius 1 is 0.909 bits per heavy atom. The number of halogens is 1. The Hall–Kier alpha value is -1.75. The van der Waals surface area contributed by atoms with Gasteiger partial charge in [0.15, 0.2) is 0 Å². The second-order valence-electron chi connectivity index (χ2n) is 7.30. The molecule has 5 atom stereocenters. The Morgan fingerprint density at radius 2 is 1.55 bits per heavy atom. The Labute approximate surface area is 199 Å². The van der Waals surface area contributed by atoms with Gasteiger partial charge in [-0.05, 0) is 48.2 Å². The van der Waals surface area contributed by atoms with Gasteiger partial charge in [-0.1, -0.05) is 43.3 Å². The maximum atomic E-state index is 10.3. The summed E-state index contributed by atoms with van der Waals surface area (Å²) in [5, 5.41) is 55.5. The molecule has 0 aromatic heterocycles. The van der Waals surface area contributed by atoms with E-state index in [1.54, 1.807) is 12.1 Å². The van der Waals surface area contributed by atoms with Crippen LogP contribution in [0.25, 0.3) is 0 Å². The van der Waals surface area contributed by atoms with Gasteiger partial charge in [0, 0.05) is 5.02 Å². The van der Waals surface area contributed by atoms with Crippen molar-refractivity contribution in [2.24, 2.45) is 0 Å². The number of ether oxygens (including phenoxy) is 2. The van der Waals surface area contributed by atoms with E-state index in [1.807, 2.05) is 37.3 Å². The lowest BCUT2D eigenvalue weighted by Gasteiger charge is -2.40. The summed E-state index contributed by atoms with van der Waals surface area (Å²) in [6.45, 7) is 1.82. The summed E-state index contributed by atoms with van der Waals surface area (Å²) in [5.74, 6) is 0.799. The van der Waals surface area contributed by atoms with E-state index in [1.165, 1.54) is 0 Å². The van der Waals surface area contributed by atoms with Gasteiger partial charge in [-0.15, -0.1) is 0 Å². The molecule has 6 N–H and O–H groups in total. The number of hydrogen-bond donors (Lipinski definition) is 6. The summed E-state index contributed by atoms with van der Waals surface area (Å²) in [6, 6.07) is 12.9. The third-order valence-electron chi connectivity index (χ3n) is 5.02. The normalized spacial score (nSPS) is 24.3. The first-order chi connectivity index (χ1) is 15.4. The van der Waals surface area contributed by atoms with Gasteiger partial charge in [0.25, 0.3) is 0 Å². The van der Waals surface area contributed by atoms with E-state index < -0.39 is 37.1 Å². The van der Waals surface area contributed by atoms with Crippen molar-refractivity contribution in [1.29, 1.82) is 0 Å². The van der Waals surface area contributed by atoms with Gasteiger partial charge in [0.2, 0.25) is 0 Å². The Kier molecular flexibility index (Phi) is 12.9. The molecule has 1 saturated heterocycles. The third kappa shape index (κ3) is 7.91. The van der Waals surface area contributed by atoms with Crippen molar-refractivity contribution in [3.05, 3.63) is 64.2 Å². The highest BCUT2D eigenvalue weighted by molar-refractivity contribution is 6.31. The second-order valence-corrected chi connectivity index (χ2v) is 7.71. The van der Waals surface area contributed by atoms with Crippen LogP contribution in [0.5, 0.6) is 5.75 Å². The van der Waals surface area contributed by atoms with Crippen molar-refractivity contribution in [3.63, 3.8) is 0 Å². The third-order valence-corrected chi connectivity index (χ3v) is 5.39. The average molecular weight is 487 g/mol. The Bertz CT molecular complexity index is 813. The highest BCUT2D eigenvalue weighted by Gasteiger charge is 2.44. The zero-order valence-corrected chi connectivity index (χ0v) is 18.6. The number of aliphatic hydroxyl groups is 6. The van der Waals surface area contributed by atoms with Crippen molar-refractivity contribution in [2.45, 2.75) is 51.3 Å². The van der Waals surface area contributed by atoms with Gasteiger partial charge >= 0.3 is 0 Å². The number of aliphatic hydroxyl groups excluding tert-OH is 6. The molecule has 0 amide bonds. The molecule has 0 spiro atoms. The predicted octanol–water partition coefficient (Wildman–Crippen LogP) is 1.45. The predicted molar refractivity (Wildman–Crippen MR) is 125 cm³/mol. The van der Waals surface area contributed by atoms with Crippen LogP contribution >= 0.6 is 11.6 Å². The molecule has 0 radical (unpaired) electrons. The summed E-state index contributed by atoms with van der Waals surface area (Å²) in [7, 11) is 0. The van der Waals surface area contributed by atoms with Crippen LogP contribution in [0.1, 0.15) is 37.1 Å². The van der Waals surface area contributed by atoms with Crippen molar-refractivity contribution >= 4 is 11.6 Å². The molecule has 3 rings (SSSR count). The summed E-state index contributed by atoms with van der Waals surface area (Å²) in [5.41, 5.74) is 2.49. The van der Waals surface area contributed by atoms with Crippen LogP contribution in [0.2, 0.25) is 5.02 Å². The van der Waals surface area contributed by atoms with Crippen LogP contribution in [0.15, 0.2) is 42.5 Å². The van der Waals surface area contributed by atoms with Crippen molar-refractivity contribution < 1.29 is 40.1 Å². The first-order valence-corrected chi connectivity index (χ1v) is 10.8. The largest absolute Gasteiger partial charge is 0.494 e. The zero-order chi connectivity index (χ0) is 23.7. The first kappa shape index (κ1) is 29.3. The van der Waals surface area contributed by atoms with E-state index in [0.717, 1.165) is 16.9 Å². The number of benzene rings is 2. The lowest BCUT2D eigenvalue weighted by Crippen LogP contribution is -2.55. The molecule has 0 saturated carbocycles. The second kappa shape index (κ2) is 14.5. The molecule has 1 aliphatic heterocycles. The van der Waals surface area contributed by atoms with Crippen LogP contribution in [0.3, 0.4) is 0 Å². The summed E-state index contributed by atoms with van der Waals surface area (Å²) in [6.07, 6.45) is -5.39. The molecule has 1 fully saturated rings. The average Bonchev–Trinajstić information content (AvgIpc) is 2.81. The van der Waals surface area contributed by atoms with Gasteiger partial charge in [0.05, 0.1) is 26.4 Å². The maximum absolute atomic E-state index is 10.3. The van der Waals surface area contributed by atoms with E-state index in [-0.39, 0.29) is 20.6 Å². The molecule has 0 aliphatic carbocycles. The molecule has 33 heavy (non-hydrogen) atoms. The van der Waals surface area contributed by atoms with Crippen LogP contribution < -0.4 is 4.74 Å². The lowest BCUT2D eigenvalue weighted by atomic mass is 9.90. The first-order valence-electron chi connectivity index (χ1n) is 10.4. The molecule has 0 unspecified atom stereocenters. The fourth-order valence-corrected chi connectivity index (χ4v) is 3.56. The van der Waals surface area contributed by atoms with Gasteiger partial charge in [-0.25, -0.2) is 0 Å². The fourth-order valence-electron chi connectivity index (χ4n) is 3.37. The van der Waals surface area contributed by atoms with E-state index in [4.69, 9.17) is 31.3 Å². The number of hydrogen-bond acceptors (Lipinski definition) is 8. The molecule has 2 aromatic rings. The molecule has 0 bridgehead atoms. The molecular formula is C24H35ClO8.